The van der Waals surface area contributed by atoms with Gasteiger partial charge in [-0.05, 0) is 38.0 Å². The molecular weight excluding hydrogens is 216 g/mol. The molecular formula is C13H18N2O2. The van der Waals surface area contributed by atoms with Gasteiger partial charge in [0.25, 0.3) is 5.91 Å². The number of rotatable bonds is 5. The summed E-state index contributed by atoms with van der Waals surface area (Å²) < 4.78 is 5.33. The summed E-state index contributed by atoms with van der Waals surface area (Å²) in [6.07, 6.45) is 0.818. The van der Waals surface area contributed by atoms with Crippen LogP contribution in [0.15, 0.2) is 29.4 Å². The molecule has 0 saturated carbocycles. The first-order chi connectivity index (χ1) is 8.11. The zero-order valence-electron chi connectivity index (χ0n) is 10.5. The fraction of sp³-hybridized carbons (Fsp3) is 0.385. The van der Waals surface area contributed by atoms with Gasteiger partial charge in [0.2, 0.25) is 0 Å². The van der Waals surface area contributed by atoms with E-state index in [1.807, 2.05) is 45.0 Å². The number of hydrogen-bond donors (Lipinski definition) is 1. The Balaban J connectivity index is 2.38. The van der Waals surface area contributed by atoms with Crippen molar-refractivity contribution in [2.24, 2.45) is 5.10 Å². The van der Waals surface area contributed by atoms with Crippen molar-refractivity contribution in [2.75, 3.05) is 6.61 Å². The molecule has 1 rings (SSSR count). The van der Waals surface area contributed by atoms with Crippen molar-refractivity contribution in [1.29, 1.82) is 0 Å². The molecule has 4 nitrogen and oxygen atoms in total. The van der Waals surface area contributed by atoms with Crippen molar-refractivity contribution in [3.05, 3.63) is 29.8 Å². The quantitative estimate of drug-likeness (QED) is 0.627. The second-order valence-corrected chi connectivity index (χ2v) is 3.84. The normalized spacial score (nSPS) is 11.1. The maximum atomic E-state index is 11.4. The Hall–Kier alpha value is -1.84. The van der Waals surface area contributed by atoms with Crippen LogP contribution >= 0.6 is 0 Å². The highest BCUT2D eigenvalue weighted by Crippen LogP contribution is 2.11. The summed E-state index contributed by atoms with van der Waals surface area (Å²) >= 11 is 0. The molecule has 1 aromatic rings. The molecule has 0 aliphatic rings. The van der Waals surface area contributed by atoms with E-state index in [1.165, 1.54) is 0 Å². The van der Waals surface area contributed by atoms with Gasteiger partial charge in [0.05, 0.1) is 0 Å². The molecule has 0 fully saturated rings. The van der Waals surface area contributed by atoms with Crippen LogP contribution in [0.2, 0.25) is 0 Å². The molecule has 0 unspecified atom stereocenters. The molecule has 17 heavy (non-hydrogen) atoms. The molecule has 0 aliphatic carbocycles. The number of nitrogens with zero attached hydrogens (tertiary/aromatic N) is 1. The number of carbonyl (C=O) groups excluding carboxylic acids is 1. The zero-order valence-corrected chi connectivity index (χ0v) is 10.5. The van der Waals surface area contributed by atoms with E-state index < -0.39 is 0 Å². The Morgan fingerprint density at radius 2 is 2.24 bits per heavy atom. The van der Waals surface area contributed by atoms with Crippen LogP contribution in [-0.2, 0) is 4.79 Å². The van der Waals surface area contributed by atoms with E-state index in [0.717, 1.165) is 17.7 Å². The zero-order chi connectivity index (χ0) is 12.7. The van der Waals surface area contributed by atoms with E-state index in [4.69, 9.17) is 4.74 Å². The third kappa shape index (κ3) is 5.15. The molecule has 1 amide bonds. The van der Waals surface area contributed by atoms with Crippen molar-refractivity contribution in [3.8, 4) is 5.75 Å². The number of aryl methyl sites for hydroxylation is 1. The van der Waals surface area contributed by atoms with E-state index in [1.54, 1.807) is 0 Å². The van der Waals surface area contributed by atoms with Gasteiger partial charge in [-0.1, -0.05) is 19.1 Å². The molecule has 4 heteroatoms. The van der Waals surface area contributed by atoms with Crippen LogP contribution in [0, 0.1) is 6.92 Å². The molecule has 0 aliphatic heterocycles. The summed E-state index contributed by atoms with van der Waals surface area (Å²) in [5, 5.41) is 3.91. The average molecular weight is 234 g/mol. The number of nitrogens with one attached hydrogen (secondary N) is 1. The van der Waals surface area contributed by atoms with E-state index in [9.17, 15) is 4.79 Å². The van der Waals surface area contributed by atoms with Gasteiger partial charge in [-0.3, -0.25) is 4.79 Å². The molecule has 1 N–H and O–H groups in total. The smallest absolute Gasteiger partial charge is 0.277 e. The topological polar surface area (TPSA) is 50.7 Å². The van der Waals surface area contributed by atoms with Crippen molar-refractivity contribution in [1.82, 2.24) is 5.43 Å². The van der Waals surface area contributed by atoms with Crippen LogP contribution in [0.4, 0.5) is 0 Å². The molecule has 0 spiro atoms. The lowest BCUT2D eigenvalue weighted by Crippen LogP contribution is -2.25. The van der Waals surface area contributed by atoms with Crippen molar-refractivity contribution in [3.63, 3.8) is 0 Å². The Labute approximate surface area is 102 Å². The molecule has 0 bridgehead atoms. The predicted molar refractivity (Wildman–Crippen MR) is 68.2 cm³/mol. The Bertz CT molecular complexity index is 414. The first-order valence-corrected chi connectivity index (χ1v) is 5.63. The van der Waals surface area contributed by atoms with Gasteiger partial charge in [0.1, 0.15) is 5.75 Å². The van der Waals surface area contributed by atoms with E-state index >= 15 is 0 Å². The summed E-state index contributed by atoms with van der Waals surface area (Å²) in [7, 11) is 0. The van der Waals surface area contributed by atoms with E-state index in [-0.39, 0.29) is 12.5 Å². The van der Waals surface area contributed by atoms with Crippen molar-refractivity contribution < 1.29 is 9.53 Å². The number of hydrazone groups is 1. The van der Waals surface area contributed by atoms with E-state index in [0.29, 0.717) is 5.75 Å². The van der Waals surface area contributed by atoms with Crippen LogP contribution in [0.3, 0.4) is 0 Å². The third-order valence-corrected chi connectivity index (χ3v) is 2.24. The second kappa shape index (κ2) is 6.68. The molecule has 0 radical (unpaired) electrons. The van der Waals surface area contributed by atoms with Crippen LogP contribution in [-0.4, -0.2) is 18.2 Å². The van der Waals surface area contributed by atoms with E-state index in [2.05, 4.69) is 10.5 Å². The highest BCUT2D eigenvalue weighted by atomic mass is 16.5. The van der Waals surface area contributed by atoms with Crippen LogP contribution in [0.1, 0.15) is 25.8 Å². The lowest BCUT2D eigenvalue weighted by Gasteiger charge is -2.05. The largest absolute Gasteiger partial charge is 0.484 e. The van der Waals surface area contributed by atoms with Crippen molar-refractivity contribution in [2.45, 2.75) is 27.2 Å². The minimum atomic E-state index is -0.251. The monoisotopic (exact) mass is 234 g/mol. The highest BCUT2D eigenvalue weighted by Gasteiger charge is 2.01. The second-order valence-electron chi connectivity index (χ2n) is 3.84. The summed E-state index contributed by atoms with van der Waals surface area (Å²) in [6, 6.07) is 7.57. The van der Waals surface area contributed by atoms with Gasteiger partial charge in [-0.25, -0.2) is 5.43 Å². The van der Waals surface area contributed by atoms with Crippen LogP contribution < -0.4 is 10.2 Å². The summed E-state index contributed by atoms with van der Waals surface area (Å²) in [6.45, 7) is 5.79. The van der Waals surface area contributed by atoms with Gasteiger partial charge in [0.15, 0.2) is 6.61 Å². The number of carbonyl (C=O) groups is 1. The molecule has 0 aromatic heterocycles. The molecule has 0 heterocycles. The van der Waals surface area contributed by atoms with Gasteiger partial charge >= 0.3 is 0 Å². The number of hydrogen-bond acceptors (Lipinski definition) is 3. The minimum absolute atomic E-state index is 0.0239. The SMILES string of the molecule is CCC(C)=NNC(=O)COc1cccc(C)c1. The van der Waals surface area contributed by atoms with Crippen LogP contribution in [0.5, 0.6) is 5.75 Å². The summed E-state index contributed by atoms with van der Waals surface area (Å²) in [4.78, 5) is 11.4. The lowest BCUT2D eigenvalue weighted by atomic mass is 10.2. The van der Waals surface area contributed by atoms with Gasteiger partial charge < -0.3 is 4.74 Å². The highest BCUT2D eigenvalue weighted by molar-refractivity contribution is 5.84. The van der Waals surface area contributed by atoms with Gasteiger partial charge in [-0.15, -0.1) is 0 Å². The number of benzene rings is 1. The minimum Gasteiger partial charge on any atom is -0.484 e. The predicted octanol–water partition coefficient (Wildman–Crippen LogP) is 2.28. The average Bonchev–Trinajstić information content (AvgIpc) is 2.33. The Kier molecular flexibility index (Phi) is 5.20. The Morgan fingerprint density at radius 1 is 1.47 bits per heavy atom. The van der Waals surface area contributed by atoms with Gasteiger partial charge in [-0.2, -0.15) is 5.10 Å². The molecule has 92 valence electrons. The standard InChI is InChI=1S/C13H18N2O2/c1-4-11(3)14-15-13(16)9-17-12-7-5-6-10(2)8-12/h5-8H,4,9H2,1-3H3,(H,15,16). The fourth-order valence-electron chi connectivity index (χ4n) is 1.12. The van der Waals surface area contributed by atoms with Gasteiger partial charge in [0, 0.05) is 5.71 Å². The number of ether oxygens (including phenoxy) is 1. The molecule has 1 aromatic carbocycles. The summed E-state index contributed by atoms with van der Waals surface area (Å²) in [5.41, 5.74) is 4.43. The van der Waals surface area contributed by atoms with Crippen molar-refractivity contribution >= 4 is 11.6 Å². The van der Waals surface area contributed by atoms with Crippen LogP contribution in [0.25, 0.3) is 0 Å². The molecule has 0 saturated heterocycles. The lowest BCUT2D eigenvalue weighted by molar-refractivity contribution is -0.123. The number of amides is 1. The summed E-state index contributed by atoms with van der Waals surface area (Å²) in [5.74, 6) is 0.440. The Morgan fingerprint density at radius 3 is 2.88 bits per heavy atom. The third-order valence-electron chi connectivity index (χ3n) is 2.24. The maximum absolute atomic E-state index is 11.4. The first-order valence-electron chi connectivity index (χ1n) is 5.63. The molecule has 0 atom stereocenters. The fourth-order valence-corrected chi connectivity index (χ4v) is 1.12. The first kappa shape index (κ1) is 13.2. The maximum Gasteiger partial charge on any atom is 0.277 e.